The topological polar surface area (TPSA) is 80.6 Å². The van der Waals surface area contributed by atoms with Gasteiger partial charge in [-0.3, -0.25) is 14.0 Å². The zero-order chi connectivity index (χ0) is 30.4. The van der Waals surface area contributed by atoms with Gasteiger partial charge in [0.2, 0.25) is 0 Å². The Kier molecular flexibility index (Phi) is 13.3. The molecule has 4 aromatic rings. The van der Waals surface area contributed by atoms with Crippen LogP contribution in [-0.4, -0.2) is 39.2 Å². The number of hydrogen-bond donors (Lipinski definition) is 1. The number of rotatable bonds is 5. The molecule has 0 aliphatic heterocycles. The second-order valence-electron chi connectivity index (χ2n) is 9.20. The Bertz CT molecular complexity index is 1380. The molecule has 0 unspecified atom stereocenters. The Morgan fingerprint density at radius 1 is 0.872 bits per heavy atom. The van der Waals surface area contributed by atoms with E-state index in [-0.39, 0.29) is 0 Å². The molecule has 4 rings (SSSR count). The van der Waals surface area contributed by atoms with E-state index in [9.17, 15) is 14.0 Å². The van der Waals surface area contributed by atoms with Gasteiger partial charge in [0.05, 0.1) is 8.52 Å². The first kappa shape index (κ1) is 31.6. The third-order valence-corrected chi connectivity index (χ3v) is 6.90. The fraction of sp³-hybridized carbons (Fsp3) is 0.355. The van der Waals surface area contributed by atoms with Crippen molar-refractivity contribution in [2.24, 2.45) is 0 Å². The maximum Gasteiger partial charge on any atom is 0.150 e. The van der Waals surface area contributed by atoms with Crippen molar-refractivity contribution in [3.05, 3.63) is 104 Å². The largest absolute Gasteiger partial charge is 0.349 e. The third kappa shape index (κ3) is 8.99. The Morgan fingerprint density at radius 3 is 1.74 bits per heavy atom. The first-order valence-electron chi connectivity index (χ1n) is 13.1. The molecule has 210 valence electrons. The maximum atomic E-state index is 11.2. The number of H-pyrrole nitrogens is 1. The number of hydrogen-bond acceptors (Lipinski definition) is 4. The van der Waals surface area contributed by atoms with Crippen LogP contribution in [0.5, 0.6) is 0 Å². The SMILES string of the molecule is Cc1cc(C)c(CCl)c(C)c1C=O.Cc1cc(C)c(Cn2ccnc2C)c(C)c1C=O.Cc1ncc[nH]1.[2H]CF. The van der Waals surface area contributed by atoms with Crippen LogP contribution in [0.4, 0.5) is 4.39 Å². The van der Waals surface area contributed by atoms with Crippen LogP contribution in [0, 0.1) is 55.4 Å². The van der Waals surface area contributed by atoms with E-state index in [1.54, 1.807) is 18.6 Å². The van der Waals surface area contributed by atoms with E-state index in [4.69, 9.17) is 13.0 Å². The number of alkyl halides is 2. The van der Waals surface area contributed by atoms with Crippen molar-refractivity contribution in [1.82, 2.24) is 19.5 Å². The quantitative estimate of drug-likeness (QED) is 0.205. The van der Waals surface area contributed by atoms with Gasteiger partial charge in [0.15, 0.2) is 12.6 Å². The van der Waals surface area contributed by atoms with Crippen LogP contribution in [0.3, 0.4) is 0 Å². The number of benzene rings is 2. The Hall–Kier alpha value is -3.58. The Labute approximate surface area is 238 Å². The molecule has 0 saturated carbocycles. The fourth-order valence-corrected chi connectivity index (χ4v) is 4.80. The highest BCUT2D eigenvalue weighted by molar-refractivity contribution is 6.17. The van der Waals surface area contributed by atoms with Crippen LogP contribution in [-0.2, 0) is 12.4 Å². The molecule has 0 atom stereocenters. The molecular formula is C31H40ClFN4O2. The van der Waals surface area contributed by atoms with Gasteiger partial charge in [-0.1, -0.05) is 12.1 Å². The van der Waals surface area contributed by atoms with E-state index in [0.717, 1.165) is 75.3 Å². The average molecular weight is 556 g/mol. The van der Waals surface area contributed by atoms with E-state index in [2.05, 4.69) is 32.5 Å². The Morgan fingerprint density at radius 2 is 1.38 bits per heavy atom. The van der Waals surface area contributed by atoms with Crippen LogP contribution >= 0.6 is 11.6 Å². The molecule has 39 heavy (non-hydrogen) atoms. The molecule has 2 aromatic carbocycles. The van der Waals surface area contributed by atoms with Gasteiger partial charge in [0.1, 0.15) is 11.6 Å². The van der Waals surface area contributed by atoms with Crippen LogP contribution in [0.1, 0.15) is 78.2 Å². The third-order valence-electron chi connectivity index (χ3n) is 6.64. The van der Waals surface area contributed by atoms with Gasteiger partial charge in [-0.2, -0.15) is 0 Å². The number of aldehydes is 2. The van der Waals surface area contributed by atoms with Crippen molar-refractivity contribution in [3.63, 3.8) is 0 Å². The number of aryl methyl sites for hydroxylation is 6. The summed E-state index contributed by atoms with van der Waals surface area (Å²) >= 11 is 5.80. The monoisotopic (exact) mass is 555 g/mol. The summed E-state index contributed by atoms with van der Waals surface area (Å²) in [5, 5.41) is 0. The highest BCUT2D eigenvalue weighted by Crippen LogP contribution is 2.23. The molecule has 0 bridgehead atoms. The van der Waals surface area contributed by atoms with Crippen molar-refractivity contribution in [2.75, 3.05) is 7.15 Å². The van der Waals surface area contributed by atoms with E-state index in [0.29, 0.717) is 5.88 Å². The van der Waals surface area contributed by atoms with Gasteiger partial charge < -0.3 is 9.55 Å². The second-order valence-corrected chi connectivity index (χ2v) is 9.47. The van der Waals surface area contributed by atoms with E-state index in [1.165, 1.54) is 11.1 Å². The Balaban J connectivity index is 0.000000315. The molecule has 0 amide bonds. The fourth-order valence-electron chi connectivity index (χ4n) is 4.38. The number of nitrogens with one attached hydrogen (secondary N) is 1. The normalized spacial score (nSPS) is 10.2. The summed E-state index contributed by atoms with van der Waals surface area (Å²) in [6.45, 7) is 16.7. The molecule has 0 spiro atoms. The lowest BCUT2D eigenvalue weighted by Gasteiger charge is -2.15. The molecule has 0 radical (unpaired) electrons. The number of aromatic amines is 1. The minimum atomic E-state index is -1.00. The standard InChI is InChI=1S/C15H18N2O.C11H13ClO.C4H6N2.CH3F/c1-10-7-11(2)15(9-18)12(3)14(10)8-17-6-5-16-13(17)4;1-7-4-8(2)11(6-13)9(3)10(7)5-12;1-4-5-2-3-6-4;1-2/h5-7,9H,8H2,1-4H3;4,6H,5H2,1-3H3;2-3H,1H3,(H,5,6);1H3/i;;;1D. The van der Waals surface area contributed by atoms with Gasteiger partial charge in [0, 0.05) is 48.3 Å². The summed E-state index contributed by atoms with van der Waals surface area (Å²) in [5.74, 6) is 2.43. The van der Waals surface area contributed by atoms with Gasteiger partial charge in [-0.25, -0.2) is 9.97 Å². The smallest absolute Gasteiger partial charge is 0.150 e. The predicted octanol–water partition coefficient (Wildman–Crippen LogP) is 7.44. The number of carbonyl (C=O) groups excluding carboxylic acids is 2. The molecule has 2 heterocycles. The summed E-state index contributed by atoms with van der Waals surface area (Å²) in [6.07, 6.45) is 9.16. The summed E-state index contributed by atoms with van der Waals surface area (Å²) in [4.78, 5) is 32.9. The molecule has 0 aliphatic carbocycles. The van der Waals surface area contributed by atoms with Crippen molar-refractivity contribution in [1.29, 1.82) is 0 Å². The molecule has 0 saturated heterocycles. The molecule has 8 heteroatoms. The van der Waals surface area contributed by atoms with Crippen LogP contribution in [0.15, 0.2) is 36.9 Å². The number of aromatic nitrogens is 4. The zero-order valence-corrected chi connectivity index (χ0v) is 24.9. The summed E-state index contributed by atoms with van der Waals surface area (Å²) in [6, 6.07) is 4.09. The summed E-state index contributed by atoms with van der Waals surface area (Å²) in [5.41, 5.74) is 10.4. The number of imidazole rings is 2. The molecule has 0 aliphatic rings. The molecule has 0 fully saturated rings. The molecular weight excluding hydrogens is 515 g/mol. The van der Waals surface area contributed by atoms with Gasteiger partial charge in [-0.05, 0) is 99.9 Å². The molecule has 6 nitrogen and oxygen atoms in total. The second kappa shape index (κ2) is 16.4. The van der Waals surface area contributed by atoms with E-state index >= 15 is 0 Å². The van der Waals surface area contributed by atoms with Gasteiger partial charge in [0.25, 0.3) is 0 Å². The van der Waals surface area contributed by atoms with Crippen molar-refractivity contribution >= 4 is 24.2 Å². The minimum absolute atomic E-state index is 0.471. The number of halogens is 2. The minimum Gasteiger partial charge on any atom is -0.349 e. The highest BCUT2D eigenvalue weighted by Gasteiger charge is 2.12. The lowest BCUT2D eigenvalue weighted by atomic mass is 9.94. The van der Waals surface area contributed by atoms with E-state index in [1.807, 2.05) is 60.7 Å². The van der Waals surface area contributed by atoms with Gasteiger partial charge >= 0.3 is 0 Å². The molecule has 1 N–H and O–H groups in total. The van der Waals surface area contributed by atoms with Crippen LogP contribution in [0.25, 0.3) is 0 Å². The lowest BCUT2D eigenvalue weighted by Crippen LogP contribution is -2.07. The molecule has 2 aromatic heterocycles. The van der Waals surface area contributed by atoms with Crippen molar-refractivity contribution in [3.8, 4) is 0 Å². The summed E-state index contributed by atoms with van der Waals surface area (Å²) in [7, 11) is -1.00. The summed E-state index contributed by atoms with van der Waals surface area (Å²) < 4.78 is 17.6. The van der Waals surface area contributed by atoms with Crippen molar-refractivity contribution in [2.45, 2.75) is 67.8 Å². The first-order chi connectivity index (χ1) is 19.0. The highest BCUT2D eigenvalue weighted by atomic mass is 35.5. The predicted molar refractivity (Wildman–Crippen MR) is 158 cm³/mol. The van der Waals surface area contributed by atoms with Crippen molar-refractivity contribution < 1.29 is 15.4 Å². The first-order valence-corrected chi connectivity index (χ1v) is 12.9. The number of carbonyl (C=O) groups is 2. The average Bonchev–Trinajstić information content (AvgIpc) is 3.54. The van der Waals surface area contributed by atoms with Crippen LogP contribution in [0.2, 0.25) is 0 Å². The lowest BCUT2D eigenvalue weighted by molar-refractivity contribution is 0.111. The van der Waals surface area contributed by atoms with Gasteiger partial charge in [-0.15, -0.1) is 11.6 Å². The maximum absolute atomic E-state index is 11.2. The number of nitrogens with zero attached hydrogens (tertiary/aromatic N) is 3. The zero-order valence-electron chi connectivity index (χ0n) is 25.2. The van der Waals surface area contributed by atoms with E-state index < -0.39 is 7.15 Å². The van der Waals surface area contributed by atoms with Crippen LogP contribution < -0.4 is 0 Å².